The topological polar surface area (TPSA) is 44.9 Å². The molecular formula is C31H30N4OPt. The molecule has 0 bridgehead atoms. The van der Waals surface area contributed by atoms with Gasteiger partial charge in [0, 0.05) is 36.6 Å². The van der Waals surface area contributed by atoms with Crippen LogP contribution in [0.2, 0.25) is 0 Å². The minimum absolute atomic E-state index is 0. The van der Waals surface area contributed by atoms with Gasteiger partial charge >= 0.3 is 21.1 Å². The van der Waals surface area contributed by atoms with E-state index < -0.39 is 0 Å². The molecule has 0 spiro atoms. The Kier molecular flexibility index (Phi) is 8.14. The Morgan fingerprint density at radius 2 is 1.38 bits per heavy atom. The Labute approximate surface area is 233 Å². The fraction of sp³-hybridized carbons (Fsp3) is 0.226. The Bertz CT molecular complexity index is 1470. The van der Waals surface area contributed by atoms with Crippen molar-refractivity contribution in [1.82, 2.24) is 19.1 Å². The average Bonchev–Trinajstić information content (AvgIpc) is 3.53. The van der Waals surface area contributed by atoms with Crippen LogP contribution in [0.4, 0.5) is 0 Å². The van der Waals surface area contributed by atoms with Crippen LogP contribution in [0.5, 0.6) is 11.5 Å². The van der Waals surface area contributed by atoms with Gasteiger partial charge in [-0.15, -0.1) is 47.5 Å². The standard InChI is InChI=1S/C31H30N4O.Pt/c1-21(2)27-13-8-14-28(22(3)4)30(27)35-19-29(33-20-35)23-9-6-11-25(17-23)36-26-12-7-10-24(18-26)31-32-15-16-34(31)5;/h6-16,19-22H,1-5H3;/q-2;+2. The van der Waals surface area contributed by atoms with Gasteiger partial charge in [0.25, 0.3) is 0 Å². The summed E-state index contributed by atoms with van der Waals surface area (Å²) < 4.78 is 10.2. The predicted molar refractivity (Wildman–Crippen MR) is 144 cm³/mol. The van der Waals surface area contributed by atoms with Crippen molar-refractivity contribution in [2.75, 3.05) is 0 Å². The van der Waals surface area contributed by atoms with Gasteiger partial charge in [0.2, 0.25) is 0 Å². The number of hydrogen-bond donors (Lipinski definition) is 0. The molecule has 0 aliphatic rings. The summed E-state index contributed by atoms with van der Waals surface area (Å²) in [5.41, 5.74) is 6.44. The van der Waals surface area contributed by atoms with Gasteiger partial charge in [-0.1, -0.05) is 58.0 Å². The Hall–Kier alpha value is -3.43. The Balaban J connectivity index is 0.00000320. The van der Waals surface area contributed by atoms with E-state index in [1.54, 1.807) is 6.20 Å². The number of rotatable bonds is 7. The van der Waals surface area contributed by atoms with Gasteiger partial charge in [-0.05, 0) is 29.2 Å². The van der Waals surface area contributed by atoms with Gasteiger partial charge in [-0.2, -0.15) is 0 Å². The molecular weight excluding hydrogens is 639 g/mol. The zero-order valence-electron chi connectivity index (χ0n) is 21.7. The van der Waals surface area contributed by atoms with Crippen LogP contribution < -0.4 is 4.74 Å². The van der Waals surface area contributed by atoms with Crippen molar-refractivity contribution in [3.8, 4) is 39.8 Å². The van der Waals surface area contributed by atoms with E-state index in [-0.39, 0.29) is 21.1 Å². The van der Waals surface area contributed by atoms with Gasteiger partial charge in [0.05, 0.1) is 17.8 Å². The molecule has 5 nitrogen and oxygen atoms in total. The first kappa shape index (κ1) is 26.6. The summed E-state index contributed by atoms with van der Waals surface area (Å²) in [6.45, 7) is 8.93. The van der Waals surface area contributed by atoms with Crippen LogP contribution in [-0.2, 0) is 28.1 Å². The van der Waals surface area contributed by atoms with Crippen molar-refractivity contribution in [1.29, 1.82) is 0 Å². The van der Waals surface area contributed by atoms with E-state index in [1.807, 2.05) is 60.5 Å². The molecule has 3 aromatic carbocycles. The summed E-state index contributed by atoms with van der Waals surface area (Å²) in [6, 6.07) is 24.9. The second kappa shape index (κ2) is 11.3. The molecule has 0 unspecified atom stereocenters. The second-order valence-electron chi connectivity index (χ2n) is 9.58. The molecule has 0 N–H and O–H groups in total. The van der Waals surface area contributed by atoms with Crippen molar-refractivity contribution in [2.45, 2.75) is 39.5 Å². The fourth-order valence-corrected chi connectivity index (χ4v) is 4.43. The van der Waals surface area contributed by atoms with Crippen LogP contribution >= 0.6 is 0 Å². The minimum atomic E-state index is 0. The molecule has 2 aromatic heterocycles. The largest absolute Gasteiger partial charge is 2.00 e. The molecule has 0 fully saturated rings. The summed E-state index contributed by atoms with van der Waals surface area (Å²) >= 11 is 0. The van der Waals surface area contributed by atoms with Crippen LogP contribution in [-0.4, -0.2) is 19.1 Å². The molecule has 0 amide bonds. The molecule has 0 saturated carbocycles. The summed E-state index contributed by atoms with van der Waals surface area (Å²) in [7, 11) is 1.96. The van der Waals surface area contributed by atoms with Crippen LogP contribution in [0.1, 0.15) is 50.7 Å². The van der Waals surface area contributed by atoms with Crippen molar-refractivity contribution in [3.63, 3.8) is 0 Å². The van der Waals surface area contributed by atoms with Gasteiger partial charge in [0.1, 0.15) is 0 Å². The van der Waals surface area contributed by atoms with E-state index in [9.17, 15) is 0 Å². The van der Waals surface area contributed by atoms with E-state index >= 15 is 0 Å². The molecule has 0 aliphatic carbocycles. The maximum Gasteiger partial charge on any atom is 2.00 e. The summed E-state index contributed by atoms with van der Waals surface area (Å²) in [5.74, 6) is 2.88. The SMILES string of the molecule is CC(C)c1cccc(C(C)C)c1-n1cnc(-c2[c-]c(Oc3[c-]c(-c4nccn4C)ccc3)ccc2)c1.[Pt+2]. The van der Waals surface area contributed by atoms with E-state index in [0.29, 0.717) is 23.3 Å². The molecule has 0 aliphatic heterocycles. The third-order valence-corrected chi connectivity index (χ3v) is 6.28. The number of ether oxygens (including phenoxy) is 1. The first-order valence-corrected chi connectivity index (χ1v) is 12.3. The van der Waals surface area contributed by atoms with Crippen LogP contribution in [0, 0.1) is 12.1 Å². The van der Waals surface area contributed by atoms with Crippen molar-refractivity contribution in [2.24, 2.45) is 7.05 Å². The van der Waals surface area contributed by atoms with Crippen molar-refractivity contribution in [3.05, 3.63) is 103 Å². The molecule has 37 heavy (non-hydrogen) atoms. The van der Waals surface area contributed by atoms with E-state index in [4.69, 9.17) is 9.72 Å². The van der Waals surface area contributed by atoms with Crippen molar-refractivity contribution >= 4 is 0 Å². The zero-order valence-corrected chi connectivity index (χ0v) is 23.9. The van der Waals surface area contributed by atoms with Gasteiger partial charge in [-0.25, -0.2) is 0 Å². The molecule has 0 atom stereocenters. The normalized spacial score (nSPS) is 11.1. The molecule has 6 heteroatoms. The fourth-order valence-electron chi connectivity index (χ4n) is 4.43. The van der Waals surface area contributed by atoms with Crippen LogP contribution in [0.15, 0.2) is 79.5 Å². The third kappa shape index (κ3) is 5.62. The smallest absolute Gasteiger partial charge is 0.497 e. The number of aromatic nitrogens is 4. The number of aryl methyl sites for hydroxylation is 1. The van der Waals surface area contributed by atoms with Gasteiger partial charge in [0.15, 0.2) is 0 Å². The maximum atomic E-state index is 6.13. The summed E-state index contributed by atoms with van der Waals surface area (Å²) in [6.07, 6.45) is 7.66. The van der Waals surface area contributed by atoms with E-state index in [0.717, 1.165) is 22.6 Å². The van der Waals surface area contributed by atoms with E-state index in [2.05, 4.69) is 73.8 Å². The quantitative estimate of drug-likeness (QED) is 0.168. The number of benzene rings is 3. The number of hydrogen-bond acceptors (Lipinski definition) is 3. The summed E-state index contributed by atoms with van der Waals surface area (Å²) in [5, 5.41) is 0. The van der Waals surface area contributed by atoms with E-state index in [1.165, 1.54) is 16.8 Å². The number of nitrogens with zero attached hydrogens (tertiary/aromatic N) is 4. The average molecular weight is 670 g/mol. The Morgan fingerprint density at radius 3 is 1.97 bits per heavy atom. The van der Waals surface area contributed by atoms with Gasteiger partial charge in [-0.3, -0.25) is 9.97 Å². The molecule has 5 rings (SSSR count). The molecule has 2 heterocycles. The van der Waals surface area contributed by atoms with Crippen LogP contribution in [0.25, 0.3) is 28.3 Å². The predicted octanol–water partition coefficient (Wildman–Crippen LogP) is 7.58. The molecule has 0 saturated heterocycles. The zero-order chi connectivity index (χ0) is 25.2. The first-order valence-electron chi connectivity index (χ1n) is 12.3. The maximum absolute atomic E-state index is 6.13. The van der Waals surface area contributed by atoms with Crippen LogP contribution in [0.3, 0.4) is 0 Å². The van der Waals surface area contributed by atoms with Crippen molar-refractivity contribution < 1.29 is 25.8 Å². The molecule has 5 aromatic rings. The summed E-state index contributed by atoms with van der Waals surface area (Å²) in [4.78, 5) is 9.13. The van der Waals surface area contributed by atoms with Gasteiger partial charge < -0.3 is 13.9 Å². The second-order valence-corrected chi connectivity index (χ2v) is 9.58. The molecule has 190 valence electrons. The molecule has 0 radical (unpaired) electrons. The number of imidazole rings is 2. The number of para-hydroxylation sites is 1. The Morgan fingerprint density at radius 1 is 0.784 bits per heavy atom. The third-order valence-electron chi connectivity index (χ3n) is 6.28. The first-order chi connectivity index (χ1) is 17.4. The minimum Gasteiger partial charge on any atom is -0.497 e. The monoisotopic (exact) mass is 669 g/mol.